The molecule has 4 heteroatoms. The molecule has 0 atom stereocenters. The Balaban J connectivity index is 2.28. The maximum absolute atomic E-state index is 5.86. The van der Waals surface area contributed by atoms with Crippen LogP contribution in [0.5, 0.6) is 0 Å². The second kappa shape index (κ2) is 4.75. The molecule has 0 radical (unpaired) electrons. The Bertz CT molecular complexity index is 532. The molecule has 3 nitrogen and oxygen atoms in total. The van der Waals surface area contributed by atoms with Gasteiger partial charge in [-0.1, -0.05) is 11.8 Å². The lowest BCUT2D eigenvalue weighted by Crippen LogP contribution is -1.93. The first-order valence-corrected chi connectivity index (χ1v) is 6.21. The summed E-state index contributed by atoms with van der Waals surface area (Å²) < 4.78 is 0. The minimum absolute atomic E-state index is 0.770. The Hall–Kier alpha value is -1.55. The van der Waals surface area contributed by atoms with E-state index in [0.29, 0.717) is 0 Å². The van der Waals surface area contributed by atoms with Crippen molar-refractivity contribution in [3.05, 3.63) is 41.2 Å². The van der Waals surface area contributed by atoms with Crippen LogP contribution in [-0.2, 0) is 0 Å². The van der Waals surface area contributed by atoms with Crippen molar-refractivity contribution >= 4 is 17.4 Å². The van der Waals surface area contributed by atoms with Crippen molar-refractivity contribution in [1.82, 2.24) is 9.97 Å². The summed E-state index contributed by atoms with van der Waals surface area (Å²) in [5.41, 5.74) is 9.86. The molecule has 0 unspecified atom stereocenters. The number of hydrogen-bond acceptors (Lipinski definition) is 4. The first kappa shape index (κ1) is 11.9. The Morgan fingerprint density at radius 3 is 2.47 bits per heavy atom. The van der Waals surface area contributed by atoms with Gasteiger partial charge in [-0.15, -0.1) is 0 Å². The highest BCUT2D eigenvalue weighted by Gasteiger charge is 2.03. The molecule has 2 rings (SSSR count). The van der Waals surface area contributed by atoms with Gasteiger partial charge in [-0.2, -0.15) is 0 Å². The van der Waals surface area contributed by atoms with Crippen LogP contribution in [0, 0.1) is 20.8 Å². The molecule has 0 spiro atoms. The first-order valence-electron chi connectivity index (χ1n) is 5.40. The van der Waals surface area contributed by atoms with Crippen LogP contribution in [0.3, 0.4) is 0 Å². The van der Waals surface area contributed by atoms with Gasteiger partial charge in [0.25, 0.3) is 0 Å². The largest absolute Gasteiger partial charge is 0.398 e. The van der Waals surface area contributed by atoms with Crippen molar-refractivity contribution < 1.29 is 0 Å². The summed E-state index contributed by atoms with van der Waals surface area (Å²) in [7, 11) is 0. The van der Waals surface area contributed by atoms with Gasteiger partial charge in [-0.25, -0.2) is 9.97 Å². The van der Waals surface area contributed by atoms with Gasteiger partial charge >= 0.3 is 0 Å². The predicted molar refractivity (Wildman–Crippen MR) is 71.2 cm³/mol. The minimum Gasteiger partial charge on any atom is -0.398 e. The molecule has 0 saturated carbocycles. The van der Waals surface area contributed by atoms with Crippen LogP contribution >= 0.6 is 11.8 Å². The second-order valence-corrected chi connectivity index (χ2v) is 5.15. The molecular weight excluding hydrogens is 230 g/mol. The molecule has 2 heterocycles. The summed E-state index contributed by atoms with van der Waals surface area (Å²) in [6.45, 7) is 6.01. The summed E-state index contributed by atoms with van der Waals surface area (Å²) in [4.78, 5) is 8.80. The van der Waals surface area contributed by atoms with Crippen molar-refractivity contribution in [3.63, 3.8) is 0 Å². The molecule has 0 aliphatic heterocycles. The number of aromatic nitrogens is 2. The number of nitrogen functional groups attached to an aromatic ring is 1. The quantitative estimate of drug-likeness (QED) is 0.883. The van der Waals surface area contributed by atoms with E-state index in [1.54, 1.807) is 6.20 Å². The van der Waals surface area contributed by atoms with Crippen LogP contribution in [-0.4, -0.2) is 9.97 Å². The van der Waals surface area contributed by atoms with E-state index in [2.05, 4.69) is 29.0 Å². The van der Waals surface area contributed by atoms with E-state index >= 15 is 0 Å². The van der Waals surface area contributed by atoms with Gasteiger partial charge in [0.05, 0.1) is 0 Å². The number of rotatable bonds is 2. The number of nitrogens with zero attached hydrogens (tertiary/aromatic N) is 2. The highest BCUT2D eigenvalue weighted by molar-refractivity contribution is 7.99. The van der Waals surface area contributed by atoms with Crippen LogP contribution < -0.4 is 5.73 Å². The number of aryl methyl sites for hydroxylation is 3. The fourth-order valence-electron chi connectivity index (χ4n) is 1.54. The van der Waals surface area contributed by atoms with Crippen molar-refractivity contribution in [3.8, 4) is 0 Å². The minimum atomic E-state index is 0.770. The average molecular weight is 245 g/mol. The van der Waals surface area contributed by atoms with Gasteiger partial charge in [-0.05, 0) is 50.1 Å². The van der Waals surface area contributed by atoms with Crippen LogP contribution in [0.1, 0.15) is 16.8 Å². The molecule has 2 N–H and O–H groups in total. The van der Waals surface area contributed by atoms with Crippen LogP contribution in [0.2, 0.25) is 0 Å². The molecule has 0 aromatic carbocycles. The monoisotopic (exact) mass is 245 g/mol. The summed E-state index contributed by atoms with van der Waals surface area (Å²) in [5, 5.41) is 1.84. The van der Waals surface area contributed by atoms with Crippen LogP contribution in [0.4, 0.5) is 5.69 Å². The Kier molecular flexibility index (Phi) is 3.33. The lowest BCUT2D eigenvalue weighted by Gasteiger charge is -2.05. The van der Waals surface area contributed by atoms with E-state index in [9.17, 15) is 0 Å². The molecule has 17 heavy (non-hydrogen) atoms. The Labute approximate surface area is 105 Å². The molecule has 0 bridgehead atoms. The molecule has 0 amide bonds. The molecular formula is C13H15N3S. The molecule has 0 fully saturated rings. The smallest absolute Gasteiger partial charge is 0.104 e. The molecule has 2 aromatic rings. The van der Waals surface area contributed by atoms with Crippen LogP contribution in [0.25, 0.3) is 0 Å². The summed E-state index contributed by atoms with van der Waals surface area (Å²) in [5.74, 6) is 0. The average Bonchev–Trinajstić information content (AvgIpc) is 2.22. The predicted octanol–water partition coefficient (Wildman–Crippen LogP) is 3.14. The number of hydrogen-bond donors (Lipinski definition) is 1. The van der Waals surface area contributed by atoms with E-state index < -0.39 is 0 Å². The van der Waals surface area contributed by atoms with E-state index in [1.165, 1.54) is 17.3 Å². The van der Waals surface area contributed by atoms with Gasteiger partial charge in [0.1, 0.15) is 10.1 Å². The summed E-state index contributed by atoms with van der Waals surface area (Å²) in [6, 6.07) is 6.00. The van der Waals surface area contributed by atoms with Gasteiger partial charge in [-0.3, -0.25) is 0 Å². The molecule has 2 aromatic heterocycles. The third kappa shape index (κ3) is 2.97. The topological polar surface area (TPSA) is 51.8 Å². The first-order chi connectivity index (χ1) is 8.04. The highest BCUT2D eigenvalue weighted by atomic mass is 32.2. The van der Waals surface area contributed by atoms with E-state index in [4.69, 9.17) is 5.73 Å². The van der Waals surface area contributed by atoms with Gasteiger partial charge < -0.3 is 5.73 Å². The zero-order chi connectivity index (χ0) is 12.4. The van der Waals surface area contributed by atoms with Crippen molar-refractivity contribution in [2.75, 3.05) is 5.73 Å². The maximum atomic E-state index is 5.86. The van der Waals surface area contributed by atoms with Crippen molar-refractivity contribution in [2.24, 2.45) is 0 Å². The zero-order valence-corrected chi connectivity index (χ0v) is 11.0. The van der Waals surface area contributed by atoms with E-state index in [-0.39, 0.29) is 0 Å². The summed E-state index contributed by atoms with van der Waals surface area (Å²) in [6.07, 6.45) is 1.79. The fraction of sp³-hybridized carbons (Fsp3) is 0.231. The Morgan fingerprint density at radius 2 is 1.82 bits per heavy atom. The lowest BCUT2D eigenvalue weighted by atomic mass is 10.3. The number of pyridine rings is 2. The normalized spacial score (nSPS) is 10.5. The van der Waals surface area contributed by atoms with Crippen molar-refractivity contribution in [1.29, 1.82) is 0 Å². The van der Waals surface area contributed by atoms with Crippen LogP contribution in [0.15, 0.2) is 34.4 Å². The fourth-order valence-corrected chi connectivity index (χ4v) is 2.48. The van der Waals surface area contributed by atoms with E-state index in [1.807, 2.05) is 19.9 Å². The lowest BCUT2D eigenvalue weighted by molar-refractivity contribution is 1.03. The number of anilines is 1. The van der Waals surface area contributed by atoms with E-state index in [0.717, 1.165) is 27.0 Å². The van der Waals surface area contributed by atoms with Gasteiger partial charge in [0.15, 0.2) is 0 Å². The van der Waals surface area contributed by atoms with Gasteiger partial charge in [0, 0.05) is 17.6 Å². The molecule has 0 saturated heterocycles. The SMILES string of the molecule is Cc1cc(C)nc(Sc2cc(N)c(C)cn2)c1. The molecule has 0 aliphatic carbocycles. The Morgan fingerprint density at radius 1 is 1.06 bits per heavy atom. The second-order valence-electron chi connectivity index (χ2n) is 4.11. The number of nitrogens with two attached hydrogens (primary N) is 1. The molecule has 0 aliphatic rings. The van der Waals surface area contributed by atoms with Crippen molar-refractivity contribution in [2.45, 2.75) is 30.8 Å². The highest BCUT2D eigenvalue weighted by Crippen LogP contribution is 2.27. The molecule has 88 valence electrons. The third-order valence-corrected chi connectivity index (χ3v) is 3.25. The zero-order valence-electron chi connectivity index (χ0n) is 10.2. The standard InChI is InChI=1S/C13H15N3S/c1-8-4-10(3)16-13(5-8)17-12-6-11(14)9(2)7-15-12/h4-7H,1-3H3,(H2,14,15). The third-order valence-electron chi connectivity index (χ3n) is 2.40. The van der Waals surface area contributed by atoms with Gasteiger partial charge in [0.2, 0.25) is 0 Å². The summed E-state index contributed by atoms with van der Waals surface area (Å²) >= 11 is 1.54. The maximum Gasteiger partial charge on any atom is 0.104 e.